The van der Waals surface area contributed by atoms with E-state index < -0.39 is 35.7 Å². The molecule has 0 saturated heterocycles. The fraction of sp³-hybridized carbons (Fsp3) is 0.400. The Morgan fingerprint density at radius 2 is 1.70 bits per heavy atom. The van der Waals surface area contributed by atoms with E-state index in [9.17, 15) is 24.6 Å². The molecule has 3 aromatic rings. The first kappa shape index (κ1) is 33.6. The smallest absolute Gasteiger partial charge is 0.657 e. The van der Waals surface area contributed by atoms with Gasteiger partial charge in [0.15, 0.2) is 5.78 Å². The summed E-state index contributed by atoms with van der Waals surface area (Å²) in [6, 6.07) is 5.63. The number of esters is 1. The zero-order chi connectivity index (χ0) is 32.5. The summed E-state index contributed by atoms with van der Waals surface area (Å²) in [7, 11) is 1.24. The van der Waals surface area contributed by atoms with Gasteiger partial charge in [-0.3, -0.25) is 19.4 Å². The van der Waals surface area contributed by atoms with Crippen LogP contribution in [0, 0.1) is 13.8 Å². The molecule has 3 aliphatic rings. The van der Waals surface area contributed by atoms with E-state index >= 15 is 0 Å². The van der Waals surface area contributed by atoms with Crippen molar-refractivity contribution < 1.29 is 29.3 Å². The maximum Gasteiger partial charge on any atom is 2.00 e. The second-order valence-corrected chi connectivity index (χ2v) is 12.2. The second-order valence-electron chi connectivity index (χ2n) is 12.2. The van der Waals surface area contributed by atoms with Crippen molar-refractivity contribution in [1.29, 1.82) is 0 Å². The number of carboxylic acids is 1. The Bertz CT molecular complexity index is 2000. The van der Waals surface area contributed by atoms with Crippen LogP contribution in [0.1, 0.15) is 126 Å². The van der Waals surface area contributed by atoms with Crippen LogP contribution in [0.15, 0.2) is 18.2 Å². The molecule has 8 bridgehead atoms. The summed E-state index contributed by atoms with van der Waals surface area (Å²) in [6.07, 6.45) is 0.0544. The Hall–Kier alpha value is -3.80. The Kier molecular flexibility index (Phi) is 9.06. The summed E-state index contributed by atoms with van der Waals surface area (Å²) in [5.74, 6) is -3.98. The SMILES string of the molecule is CCC1=C(C)c2cc3[n-]c(cc4nc(c5c6[n-]c(cc1n2)c(C)c6C(=O)[C@@H]5C(=O)OC)[C@@H](CCC(=O)O)[C@@H]4C)c(C)c3C(C)O.[Mg+2]. The maximum absolute atomic E-state index is 14.0. The molecule has 5 heterocycles. The molecule has 0 spiro atoms. The number of aliphatic hydroxyl groups excluding tert-OH is 1. The van der Waals surface area contributed by atoms with Crippen molar-refractivity contribution in [2.24, 2.45) is 0 Å². The number of fused-ring (bicyclic) bond motifs is 8. The number of carboxylic acid groups (broad SMARTS) is 1. The van der Waals surface area contributed by atoms with Gasteiger partial charge in [-0.15, -0.1) is 22.1 Å². The van der Waals surface area contributed by atoms with Gasteiger partial charge in [0.2, 0.25) is 0 Å². The number of hydrogen-bond donors (Lipinski definition) is 2. The van der Waals surface area contributed by atoms with E-state index in [-0.39, 0.29) is 41.8 Å². The van der Waals surface area contributed by atoms with Gasteiger partial charge in [-0.05, 0) is 62.8 Å². The van der Waals surface area contributed by atoms with Crippen molar-refractivity contribution >= 4 is 74.0 Å². The van der Waals surface area contributed by atoms with E-state index in [2.05, 4.69) is 6.92 Å². The van der Waals surface area contributed by atoms with Crippen molar-refractivity contribution in [2.75, 3.05) is 7.11 Å². The number of aliphatic hydroxyl groups is 1. The molecule has 0 saturated carbocycles. The number of hydrogen-bond acceptors (Lipinski definition) is 7. The van der Waals surface area contributed by atoms with Gasteiger partial charge in [-0.1, -0.05) is 43.2 Å². The van der Waals surface area contributed by atoms with Gasteiger partial charge < -0.3 is 24.9 Å². The first-order chi connectivity index (χ1) is 21.4. The molecule has 10 nitrogen and oxygen atoms in total. The number of aryl methyl sites for hydroxylation is 2. The van der Waals surface area contributed by atoms with Gasteiger partial charge in [0.1, 0.15) is 5.92 Å². The summed E-state index contributed by atoms with van der Waals surface area (Å²) in [5, 5.41) is 20.4. The largest absolute Gasteiger partial charge is 2.00 e. The fourth-order valence-corrected chi connectivity index (χ4v) is 7.20. The predicted octanol–water partition coefficient (Wildman–Crippen LogP) is 5.41. The molecule has 4 atom stereocenters. The minimum absolute atomic E-state index is 0. The number of aromatic nitrogens is 4. The number of ketones is 1. The Morgan fingerprint density at radius 1 is 1.02 bits per heavy atom. The van der Waals surface area contributed by atoms with Crippen molar-refractivity contribution in [2.45, 2.75) is 84.7 Å². The summed E-state index contributed by atoms with van der Waals surface area (Å²) in [5.41, 5.74) is 9.65. The minimum atomic E-state index is -1.25. The van der Waals surface area contributed by atoms with E-state index in [4.69, 9.17) is 24.7 Å². The molecule has 46 heavy (non-hydrogen) atoms. The van der Waals surface area contributed by atoms with Gasteiger partial charge in [-0.25, -0.2) is 4.98 Å². The third-order valence-electron chi connectivity index (χ3n) is 9.63. The molecule has 0 amide bonds. The third kappa shape index (κ3) is 5.18. The Labute approximate surface area is 282 Å². The summed E-state index contributed by atoms with van der Waals surface area (Å²) in [6.45, 7) is 11.5. The van der Waals surface area contributed by atoms with E-state index in [1.165, 1.54) is 7.11 Å². The number of allylic oxidation sites excluding steroid dienone is 2. The molecule has 1 unspecified atom stereocenters. The zero-order valence-electron chi connectivity index (χ0n) is 27.2. The van der Waals surface area contributed by atoms with Crippen LogP contribution >= 0.6 is 0 Å². The molecule has 0 radical (unpaired) electrons. The van der Waals surface area contributed by atoms with Gasteiger partial charge in [0.05, 0.1) is 24.6 Å². The molecule has 6 rings (SSSR count). The van der Waals surface area contributed by atoms with Crippen LogP contribution in [-0.2, 0) is 14.3 Å². The number of carbonyl (C=O) groups excluding carboxylic acids is 2. The molecule has 0 fully saturated rings. The van der Waals surface area contributed by atoms with E-state index in [0.29, 0.717) is 62.1 Å². The minimum Gasteiger partial charge on any atom is -0.657 e. The molecular weight excluding hydrogens is 597 g/mol. The van der Waals surface area contributed by atoms with Crippen LogP contribution in [-0.4, -0.2) is 68.1 Å². The van der Waals surface area contributed by atoms with E-state index in [1.807, 2.05) is 45.9 Å². The monoisotopic (exact) mass is 632 g/mol. The normalized spacial score (nSPS) is 19.3. The molecule has 11 heteroatoms. The molecular formula is C35H36MgN4O6. The summed E-state index contributed by atoms with van der Waals surface area (Å²) < 4.78 is 5.11. The predicted molar refractivity (Wildman–Crippen MR) is 175 cm³/mol. The number of rotatable bonds is 6. The topological polar surface area (TPSA) is 155 Å². The summed E-state index contributed by atoms with van der Waals surface area (Å²) >= 11 is 0. The number of carbonyl (C=O) groups is 3. The van der Waals surface area contributed by atoms with E-state index in [1.54, 1.807) is 6.92 Å². The third-order valence-corrected chi connectivity index (χ3v) is 9.63. The number of nitrogens with zero attached hydrogens (tertiary/aromatic N) is 4. The Balaban J connectivity index is 0.00000417. The van der Waals surface area contributed by atoms with Crippen LogP contribution in [0.3, 0.4) is 0 Å². The number of Topliss-reactive ketones (excluding diaryl/α,β-unsaturated/α-hetero) is 1. The van der Waals surface area contributed by atoms with Gasteiger partial charge in [0, 0.05) is 35.2 Å². The molecule has 2 aliphatic heterocycles. The van der Waals surface area contributed by atoms with Crippen molar-refractivity contribution in [3.05, 3.63) is 68.8 Å². The van der Waals surface area contributed by atoms with Crippen LogP contribution in [0.5, 0.6) is 0 Å². The van der Waals surface area contributed by atoms with Crippen molar-refractivity contribution in [3.63, 3.8) is 0 Å². The van der Waals surface area contributed by atoms with Crippen LogP contribution in [0.4, 0.5) is 0 Å². The quantitative estimate of drug-likeness (QED) is 0.205. The molecule has 3 aromatic heterocycles. The van der Waals surface area contributed by atoms with E-state index in [0.717, 1.165) is 28.1 Å². The van der Waals surface area contributed by atoms with Crippen molar-refractivity contribution in [3.8, 4) is 0 Å². The number of methoxy groups -OCH3 is 1. The number of ether oxygens (including phenoxy) is 1. The number of aliphatic carboxylic acids is 1. The van der Waals surface area contributed by atoms with Crippen LogP contribution < -0.4 is 9.97 Å². The zero-order valence-corrected chi connectivity index (χ0v) is 28.6. The van der Waals surface area contributed by atoms with Gasteiger partial charge >= 0.3 is 35.0 Å². The van der Waals surface area contributed by atoms with Crippen LogP contribution in [0.2, 0.25) is 0 Å². The molecule has 2 N–H and O–H groups in total. The average Bonchev–Trinajstić information content (AvgIpc) is 3.72. The first-order valence-corrected chi connectivity index (χ1v) is 15.3. The standard InChI is InChI=1S/C35H38N4O6.Mg/c1-8-19-14(2)21-13-26-28(18(6)40)16(4)23(37-26)11-22-15(3)20(9-10-27(41)42)32(38-22)30-31(35(44)45-7)34(43)29-17(5)24(39-33(29)30)12-25(19)36-21;/h11-13,15,18,20,31,40H,8-10H2,1-7H3,(H3,36,37,38,39,41,42,43);/q;+2/p-2/t15-,18?,20-,31+;/m0./s1. The summed E-state index contributed by atoms with van der Waals surface area (Å²) in [4.78, 5) is 58.8. The molecule has 0 aromatic carbocycles. The molecule has 1 aliphatic carbocycles. The van der Waals surface area contributed by atoms with Crippen LogP contribution in [0.25, 0.3) is 33.2 Å². The van der Waals surface area contributed by atoms with Gasteiger partial charge in [0.25, 0.3) is 0 Å². The first-order valence-electron chi connectivity index (χ1n) is 15.3. The second kappa shape index (κ2) is 12.4. The average molecular weight is 633 g/mol. The van der Waals surface area contributed by atoms with Crippen molar-refractivity contribution in [1.82, 2.24) is 19.9 Å². The fourth-order valence-electron chi connectivity index (χ4n) is 7.20. The maximum atomic E-state index is 14.0. The molecule has 234 valence electrons. The van der Waals surface area contributed by atoms with Gasteiger partial charge in [-0.2, -0.15) is 0 Å². The Morgan fingerprint density at radius 3 is 2.33 bits per heavy atom.